The normalized spacial score (nSPS) is 21.8. The van der Waals surface area contributed by atoms with Crippen molar-refractivity contribution >= 4 is 17.8 Å². The molecule has 9 nitrogen and oxygen atoms in total. The standard InChI is InChI=1S/C16H17N3O6/c20-6-5-19-15(22)11-8-17(3-4-18(11)16(19)23)14(21)10-1-2-12-13(7-10)25-9-24-12/h1-2,7,11,20H,3-6,8-9H2. The van der Waals surface area contributed by atoms with Gasteiger partial charge in [0.05, 0.1) is 19.7 Å². The van der Waals surface area contributed by atoms with Gasteiger partial charge in [0, 0.05) is 18.7 Å². The number of benzene rings is 1. The van der Waals surface area contributed by atoms with Crippen LogP contribution < -0.4 is 9.47 Å². The molecule has 1 unspecified atom stereocenters. The number of hydrogen-bond donors (Lipinski definition) is 1. The number of fused-ring (bicyclic) bond motifs is 2. The molecule has 1 N–H and O–H groups in total. The monoisotopic (exact) mass is 347 g/mol. The SMILES string of the molecule is O=C(c1ccc2c(c1)OCO2)N1CCN2C(=O)N(CCO)C(=O)C2C1. The predicted molar refractivity (Wildman–Crippen MR) is 83.2 cm³/mol. The Labute approximate surface area is 143 Å². The smallest absolute Gasteiger partial charge is 0.327 e. The summed E-state index contributed by atoms with van der Waals surface area (Å²) in [6.07, 6.45) is 0. The van der Waals surface area contributed by atoms with Gasteiger partial charge in [0.2, 0.25) is 6.79 Å². The van der Waals surface area contributed by atoms with Crippen LogP contribution >= 0.6 is 0 Å². The minimum Gasteiger partial charge on any atom is -0.454 e. The molecule has 0 aromatic heterocycles. The minimum absolute atomic E-state index is 0.0270. The maximum atomic E-state index is 12.7. The lowest BCUT2D eigenvalue weighted by Gasteiger charge is -2.35. The number of aliphatic hydroxyl groups excluding tert-OH is 1. The summed E-state index contributed by atoms with van der Waals surface area (Å²) in [6, 6.07) is 3.86. The molecule has 0 radical (unpaired) electrons. The number of carbonyl (C=O) groups excluding carboxylic acids is 3. The van der Waals surface area contributed by atoms with Gasteiger partial charge in [-0.05, 0) is 18.2 Å². The van der Waals surface area contributed by atoms with Crippen LogP contribution in [-0.4, -0.2) is 83.3 Å². The van der Waals surface area contributed by atoms with Crippen molar-refractivity contribution in [1.82, 2.24) is 14.7 Å². The van der Waals surface area contributed by atoms with E-state index in [1.54, 1.807) is 23.1 Å². The van der Waals surface area contributed by atoms with Gasteiger partial charge in [-0.3, -0.25) is 14.5 Å². The number of urea groups is 1. The van der Waals surface area contributed by atoms with E-state index in [0.717, 1.165) is 4.90 Å². The van der Waals surface area contributed by atoms with Crippen LogP contribution in [0.5, 0.6) is 11.5 Å². The van der Waals surface area contributed by atoms with E-state index >= 15 is 0 Å². The Hall–Kier alpha value is -2.81. The van der Waals surface area contributed by atoms with Crippen molar-refractivity contribution in [1.29, 1.82) is 0 Å². The quantitative estimate of drug-likeness (QED) is 0.740. The van der Waals surface area contributed by atoms with Gasteiger partial charge in [-0.15, -0.1) is 0 Å². The summed E-state index contributed by atoms with van der Waals surface area (Å²) < 4.78 is 10.5. The van der Waals surface area contributed by atoms with Gasteiger partial charge in [0.15, 0.2) is 11.5 Å². The number of imide groups is 1. The molecule has 0 aliphatic carbocycles. The van der Waals surface area contributed by atoms with E-state index in [1.807, 2.05) is 0 Å². The molecule has 9 heteroatoms. The molecular weight excluding hydrogens is 330 g/mol. The van der Waals surface area contributed by atoms with Gasteiger partial charge in [0.25, 0.3) is 11.8 Å². The molecule has 1 aromatic rings. The Kier molecular flexibility index (Phi) is 3.72. The number of piperazine rings is 1. The van der Waals surface area contributed by atoms with Gasteiger partial charge < -0.3 is 24.4 Å². The fourth-order valence-corrected chi connectivity index (χ4v) is 3.35. The molecule has 25 heavy (non-hydrogen) atoms. The Balaban J connectivity index is 1.51. The maximum Gasteiger partial charge on any atom is 0.327 e. The Morgan fingerprint density at radius 3 is 2.80 bits per heavy atom. The van der Waals surface area contributed by atoms with Gasteiger partial charge in [-0.1, -0.05) is 0 Å². The van der Waals surface area contributed by atoms with E-state index in [-0.39, 0.29) is 44.8 Å². The minimum atomic E-state index is -0.689. The Morgan fingerprint density at radius 2 is 2.00 bits per heavy atom. The highest BCUT2D eigenvalue weighted by Gasteiger charge is 2.48. The number of β-amino-alcohol motifs (C(OH)–C–C–N with tert-alkyl or cyclic N) is 1. The number of amides is 4. The van der Waals surface area contributed by atoms with Crippen molar-refractivity contribution in [3.63, 3.8) is 0 Å². The first-order chi connectivity index (χ1) is 12.1. The molecule has 1 atom stereocenters. The molecular formula is C16H17N3O6. The van der Waals surface area contributed by atoms with Crippen molar-refractivity contribution in [3.8, 4) is 11.5 Å². The Morgan fingerprint density at radius 1 is 1.20 bits per heavy atom. The average Bonchev–Trinajstić information content (AvgIpc) is 3.19. The highest BCUT2D eigenvalue weighted by atomic mass is 16.7. The van der Waals surface area contributed by atoms with Crippen LogP contribution in [0.25, 0.3) is 0 Å². The molecule has 0 spiro atoms. The number of hydrogen-bond acceptors (Lipinski definition) is 6. The topological polar surface area (TPSA) is 99.6 Å². The number of carbonyl (C=O) groups is 3. The molecule has 4 rings (SSSR count). The first-order valence-corrected chi connectivity index (χ1v) is 8.02. The van der Waals surface area contributed by atoms with E-state index in [2.05, 4.69) is 0 Å². The van der Waals surface area contributed by atoms with Crippen molar-refractivity contribution in [3.05, 3.63) is 23.8 Å². The highest BCUT2D eigenvalue weighted by Crippen LogP contribution is 2.33. The summed E-state index contributed by atoms with van der Waals surface area (Å²) in [5, 5.41) is 9.01. The third-order valence-electron chi connectivity index (χ3n) is 4.64. The largest absolute Gasteiger partial charge is 0.454 e. The van der Waals surface area contributed by atoms with Crippen LogP contribution in [0.4, 0.5) is 4.79 Å². The number of nitrogens with zero attached hydrogens (tertiary/aromatic N) is 3. The zero-order valence-corrected chi connectivity index (χ0v) is 13.4. The summed E-state index contributed by atoms with van der Waals surface area (Å²) in [5.74, 6) is 0.518. The average molecular weight is 347 g/mol. The maximum absolute atomic E-state index is 12.7. The van der Waals surface area contributed by atoms with Gasteiger partial charge in [-0.2, -0.15) is 0 Å². The molecule has 2 fully saturated rings. The van der Waals surface area contributed by atoms with Gasteiger partial charge in [0.1, 0.15) is 6.04 Å². The first kappa shape index (κ1) is 15.7. The van der Waals surface area contributed by atoms with Crippen molar-refractivity contribution in [2.75, 3.05) is 39.6 Å². The second-order valence-corrected chi connectivity index (χ2v) is 6.02. The lowest BCUT2D eigenvalue weighted by molar-refractivity contribution is -0.129. The van der Waals surface area contributed by atoms with E-state index in [1.165, 1.54) is 4.90 Å². The lowest BCUT2D eigenvalue weighted by atomic mass is 10.1. The number of rotatable bonds is 3. The lowest BCUT2D eigenvalue weighted by Crippen LogP contribution is -2.54. The fourth-order valence-electron chi connectivity index (χ4n) is 3.35. The number of aliphatic hydroxyl groups is 1. The highest BCUT2D eigenvalue weighted by molar-refractivity contribution is 6.05. The van der Waals surface area contributed by atoms with Crippen LogP contribution in [-0.2, 0) is 4.79 Å². The van der Waals surface area contributed by atoms with E-state index in [0.29, 0.717) is 23.6 Å². The van der Waals surface area contributed by atoms with Gasteiger partial charge >= 0.3 is 6.03 Å². The van der Waals surface area contributed by atoms with Crippen LogP contribution in [0.15, 0.2) is 18.2 Å². The van der Waals surface area contributed by atoms with Crippen molar-refractivity contribution < 1.29 is 29.0 Å². The molecule has 1 aromatic carbocycles. The van der Waals surface area contributed by atoms with E-state index in [9.17, 15) is 14.4 Å². The van der Waals surface area contributed by atoms with Crippen molar-refractivity contribution in [2.24, 2.45) is 0 Å². The van der Waals surface area contributed by atoms with Crippen LogP contribution in [0, 0.1) is 0 Å². The molecule has 2 saturated heterocycles. The van der Waals surface area contributed by atoms with Crippen LogP contribution in [0.2, 0.25) is 0 Å². The van der Waals surface area contributed by atoms with Crippen LogP contribution in [0.3, 0.4) is 0 Å². The third-order valence-corrected chi connectivity index (χ3v) is 4.64. The molecule has 0 saturated carbocycles. The molecule has 4 amide bonds. The van der Waals surface area contributed by atoms with Crippen molar-refractivity contribution in [2.45, 2.75) is 6.04 Å². The molecule has 132 valence electrons. The molecule has 3 aliphatic heterocycles. The Bertz CT molecular complexity index is 751. The van der Waals surface area contributed by atoms with Gasteiger partial charge in [-0.25, -0.2) is 4.79 Å². The predicted octanol–water partition coefficient (Wildman–Crippen LogP) is -0.504. The summed E-state index contributed by atoms with van der Waals surface area (Å²) in [5.41, 5.74) is 0.446. The van der Waals surface area contributed by atoms with Crippen LogP contribution in [0.1, 0.15) is 10.4 Å². The second-order valence-electron chi connectivity index (χ2n) is 6.02. The molecule has 3 heterocycles. The first-order valence-electron chi connectivity index (χ1n) is 8.02. The second kappa shape index (κ2) is 5.92. The third kappa shape index (κ3) is 2.47. The zero-order chi connectivity index (χ0) is 17.6. The van der Waals surface area contributed by atoms with E-state index in [4.69, 9.17) is 14.6 Å². The summed E-state index contributed by atoms with van der Waals surface area (Å²) >= 11 is 0. The summed E-state index contributed by atoms with van der Waals surface area (Å²) in [7, 11) is 0. The number of ether oxygens (including phenoxy) is 2. The summed E-state index contributed by atoms with van der Waals surface area (Å²) in [4.78, 5) is 41.4. The zero-order valence-electron chi connectivity index (χ0n) is 13.4. The summed E-state index contributed by atoms with van der Waals surface area (Å²) in [6.45, 7) is 0.590. The molecule has 3 aliphatic rings. The molecule has 0 bridgehead atoms. The van der Waals surface area contributed by atoms with E-state index < -0.39 is 12.1 Å². The fraction of sp³-hybridized carbons (Fsp3) is 0.438.